The molecule has 2 N–H and O–H groups in total. The smallest absolute Gasteiger partial charge is 0.459 e. The number of aromatic nitrogens is 2. The summed E-state index contributed by atoms with van der Waals surface area (Å²) in [6.07, 6.45) is 0.745. The number of H-pyrrole nitrogens is 1. The minimum Gasteiger partial charge on any atom is -0.468 e. The maximum absolute atomic E-state index is 13.7. The van der Waals surface area contributed by atoms with Gasteiger partial charge in [0, 0.05) is 18.2 Å². The van der Waals surface area contributed by atoms with Crippen molar-refractivity contribution in [1.82, 2.24) is 14.6 Å². The van der Waals surface area contributed by atoms with Gasteiger partial charge in [0.15, 0.2) is 0 Å². The van der Waals surface area contributed by atoms with Crippen LogP contribution in [0, 0.1) is 11.8 Å². The fourth-order valence-electron chi connectivity index (χ4n) is 3.66. The highest BCUT2D eigenvalue weighted by Gasteiger charge is 2.39. The van der Waals surface area contributed by atoms with Crippen LogP contribution in [0.2, 0.25) is 0 Å². The number of rotatable bonds is 10. The Hall–Kier alpha value is -2.72. The first kappa shape index (κ1) is 25.9. The van der Waals surface area contributed by atoms with Gasteiger partial charge < -0.3 is 14.0 Å². The molecule has 2 heterocycles. The van der Waals surface area contributed by atoms with Crippen molar-refractivity contribution in [3.63, 3.8) is 0 Å². The molecule has 0 saturated carbocycles. The number of esters is 1. The third-order valence-corrected chi connectivity index (χ3v) is 6.93. The third kappa shape index (κ3) is 6.44. The summed E-state index contributed by atoms with van der Waals surface area (Å²) in [6, 6.07) is 8.76. The van der Waals surface area contributed by atoms with Gasteiger partial charge in [-0.1, -0.05) is 39.0 Å². The Balaban J connectivity index is 1.76. The van der Waals surface area contributed by atoms with E-state index in [9.17, 15) is 18.9 Å². The zero-order valence-corrected chi connectivity index (χ0v) is 20.4. The van der Waals surface area contributed by atoms with E-state index < -0.39 is 43.3 Å². The lowest BCUT2D eigenvalue weighted by Gasteiger charge is -2.27. The third-order valence-electron chi connectivity index (χ3n) is 5.40. The molecule has 1 aliphatic heterocycles. The summed E-state index contributed by atoms with van der Waals surface area (Å²) in [4.78, 5) is 38.0. The number of nitrogens with zero attached hydrogens (tertiary/aromatic N) is 1. The van der Waals surface area contributed by atoms with Crippen LogP contribution in [-0.4, -0.2) is 41.4 Å². The Kier molecular flexibility index (Phi) is 8.48. The molecule has 1 aliphatic rings. The second-order valence-corrected chi connectivity index (χ2v) is 10.1. The molecule has 0 bridgehead atoms. The fraction of sp³-hybridized carbons (Fsp3) is 0.500. The molecule has 0 aliphatic carbocycles. The Labute approximate surface area is 197 Å². The van der Waals surface area contributed by atoms with Crippen LogP contribution in [0.3, 0.4) is 0 Å². The maximum atomic E-state index is 13.7. The predicted molar refractivity (Wildman–Crippen MR) is 123 cm³/mol. The number of carbonyl (C=O) groups is 1. The topological polar surface area (TPSA) is 138 Å². The van der Waals surface area contributed by atoms with Gasteiger partial charge in [-0.15, -0.1) is 0 Å². The molecule has 1 aromatic heterocycles. The number of carbonyl (C=O) groups excluding carboxylic acids is 1. The predicted octanol–water partition coefficient (Wildman–Crippen LogP) is 2.45. The van der Waals surface area contributed by atoms with E-state index in [1.165, 1.54) is 23.9 Å². The van der Waals surface area contributed by atoms with Crippen LogP contribution >= 0.6 is 7.75 Å². The van der Waals surface area contributed by atoms with Gasteiger partial charge in [0.2, 0.25) is 0 Å². The molecule has 3 rings (SSSR count). The minimum absolute atomic E-state index is 0.0851. The van der Waals surface area contributed by atoms with Crippen LogP contribution in [0.15, 0.2) is 52.2 Å². The van der Waals surface area contributed by atoms with Crippen molar-refractivity contribution in [2.75, 3.05) is 13.7 Å². The van der Waals surface area contributed by atoms with Gasteiger partial charge in [-0.05, 0) is 24.5 Å². The fourth-order valence-corrected chi connectivity index (χ4v) is 5.34. The van der Waals surface area contributed by atoms with Crippen LogP contribution in [-0.2, 0) is 23.4 Å². The highest BCUT2D eigenvalue weighted by Crippen LogP contribution is 2.46. The van der Waals surface area contributed by atoms with Crippen molar-refractivity contribution in [3.8, 4) is 5.75 Å². The number of methoxy groups -OCH3 is 1. The summed E-state index contributed by atoms with van der Waals surface area (Å²) in [7, 11) is -2.80. The first-order chi connectivity index (χ1) is 16.1. The van der Waals surface area contributed by atoms with Crippen LogP contribution in [0.1, 0.15) is 33.4 Å². The average Bonchev–Trinajstić information content (AvgIpc) is 3.16. The van der Waals surface area contributed by atoms with Gasteiger partial charge in [0.05, 0.1) is 19.8 Å². The van der Waals surface area contributed by atoms with E-state index in [4.69, 9.17) is 18.5 Å². The molecule has 12 heteroatoms. The summed E-state index contributed by atoms with van der Waals surface area (Å²) >= 11 is 0. The van der Waals surface area contributed by atoms with Crippen LogP contribution in [0.4, 0.5) is 0 Å². The van der Waals surface area contributed by atoms with E-state index >= 15 is 0 Å². The van der Waals surface area contributed by atoms with Crippen molar-refractivity contribution in [3.05, 3.63) is 63.4 Å². The molecular formula is C22H30N3O8P. The second kappa shape index (κ2) is 11.1. The Morgan fingerprint density at radius 1 is 1.26 bits per heavy atom. The zero-order chi connectivity index (χ0) is 24.9. The highest BCUT2D eigenvalue weighted by atomic mass is 31.2. The number of hydrogen-bond acceptors (Lipinski definition) is 8. The normalized spacial score (nSPS) is 22.8. The average molecular weight is 495 g/mol. The molecule has 11 nitrogen and oxygen atoms in total. The quantitative estimate of drug-likeness (QED) is 0.376. The minimum atomic E-state index is -4.05. The molecule has 1 saturated heterocycles. The largest absolute Gasteiger partial charge is 0.468 e. The molecule has 1 fully saturated rings. The van der Waals surface area contributed by atoms with Crippen molar-refractivity contribution in [1.29, 1.82) is 0 Å². The molecule has 5 atom stereocenters. The van der Waals surface area contributed by atoms with E-state index in [1.54, 1.807) is 44.2 Å². The molecule has 1 aromatic carbocycles. The van der Waals surface area contributed by atoms with Gasteiger partial charge in [-0.3, -0.25) is 23.7 Å². The SMILES string of the molecule is COC(=O)[C@@H](NP(=O)(OC[C@@H]1C[C@H](C)[C@H](n2ccc(=O)[nH]c2=O)O1)Oc1ccccc1)C(C)C. The van der Waals surface area contributed by atoms with E-state index in [0.717, 1.165) is 0 Å². The Morgan fingerprint density at radius 2 is 1.97 bits per heavy atom. The van der Waals surface area contributed by atoms with Crippen LogP contribution < -0.4 is 20.9 Å². The summed E-state index contributed by atoms with van der Waals surface area (Å²) in [6.45, 7) is 5.32. The zero-order valence-electron chi connectivity index (χ0n) is 19.5. The highest BCUT2D eigenvalue weighted by molar-refractivity contribution is 7.52. The molecule has 186 valence electrons. The standard InChI is InChI=1S/C22H30N3O8P/c1-14(2)19(21(27)30-4)24-34(29,33-16-8-6-5-7-9-16)31-13-17-12-15(3)20(32-17)25-11-10-18(26)23-22(25)28/h5-11,14-15,17,19-20H,12-13H2,1-4H3,(H,24,29)(H,23,26,28)/t15-,17-,19-,20+,34?/m0/s1. The maximum Gasteiger partial charge on any atom is 0.459 e. The first-order valence-corrected chi connectivity index (χ1v) is 12.5. The van der Waals surface area contributed by atoms with Gasteiger partial charge in [-0.2, -0.15) is 5.09 Å². The molecule has 0 amide bonds. The lowest BCUT2D eigenvalue weighted by molar-refractivity contribution is -0.143. The van der Waals surface area contributed by atoms with Gasteiger partial charge in [0.1, 0.15) is 18.0 Å². The van der Waals surface area contributed by atoms with Crippen molar-refractivity contribution in [2.45, 2.75) is 45.6 Å². The van der Waals surface area contributed by atoms with Gasteiger partial charge in [-0.25, -0.2) is 9.36 Å². The summed E-state index contributed by atoms with van der Waals surface area (Å²) < 4.78 is 37.2. The van der Waals surface area contributed by atoms with E-state index in [2.05, 4.69) is 10.1 Å². The molecular weight excluding hydrogens is 465 g/mol. The summed E-state index contributed by atoms with van der Waals surface area (Å²) in [5.41, 5.74) is -1.08. The summed E-state index contributed by atoms with van der Waals surface area (Å²) in [5.74, 6) is -0.649. The van der Waals surface area contributed by atoms with Crippen molar-refractivity contribution in [2.24, 2.45) is 11.8 Å². The number of hydrogen-bond donors (Lipinski definition) is 2. The Morgan fingerprint density at radius 3 is 2.59 bits per heavy atom. The second-order valence-electron chi connectivity index (χ2n) is 8.45. The molecule has 0 radical (unpaired) electrons. The number of ether oxygens (including phenoxy) is 2. The molecule has 2 aromatic rings. The molecule has 1 unspecified atom stereocenters. The lowest BCUT2D eigenvalue weighted by atomic mass is 10.1. The number of nitrogens with one attached hydrogen (secondary N) is 2. The van der Waals surface area contributed by atoms with Crippen LogP contribution in [0.5, 0.6) is 5.75 Å². The van der Waals surface area contributed by atoms with Crippen LogP contribution in [0.25, 0.3) is 0 Å². The van der Waals surface area contributed by atoms with Gasteiger partial charge in [0.25, 0.3) is 5.56 Å². The van der Waals surface area contributed by atoms with E-state index in [0.29, 0.717) is 12.2 Å². The van der Waals surface area contributed by atoms with Crippen molar-refractivity contribution < 1.29 is 27.9 Å². The monoisotopic (exact) mass is 495 g/mol. The van der Waals surface area contributed by atoms with E-state index in [-0.39, 0.29) is 18.4 Å². The van der Waals surface area contributed by atoms with E-state index in [1.807, 2.05) is 6.92 Å². The molecule has 0 spiro atoms. The molecule has 34 heavy (non-hydrogen) atoms. The lowest BCUT2D eigenvalue weighted by Crippen LogP contribution is -2.41. The first-order valence-electron chi connectivity index (χ1n) is 10.9. The number of benzene rings is 1. The number of aromatic amines is 1. The van der Waals surface area contributed by atoms with Gasteiger partial charge >= 0.3 is 19.4 Å². The Bertz CT molecular complexity index is 1130. The van der Waals surface area contributed by atoms with Crippen molar-refractivity contribution >= 4 is 13.7 Å². The summed E-state index contributed by atoms with van der Waals surface area (Å²) in [5, 5.41) is 2.71. The number of para-hydroxylation sites is 1.